The summed E-state index contributed by atoms with van der Waals surface area (Å²) in [5.41, 5.74) is 4.88. The summed E-state index contributed by atoms with van der Waals surface area (Å²) in [5.74, 6) is 0. The van der Waals surface area contributed by atoms with E-state index >= 15 is 0 Å². The molecule has 0 atom stereocenters. The first-order valence-electron chi connectivity index (χ1n) is 6.16. The van der Waals surface area contributed by atoms with Crippen LogP contribution >= 0.6 is 0 Å². The molecule has 0 aliphatic rings. The third-order valence-corrected chi connectivity index (χ3v) is 3.26. The molecule has 0 radical (unpaired) electrons. The van der Waals surface area contributed by atoms with E-state index in [9.17, 15) is 4.79 Å². The Morgan fingerprint density at radius 2 is 1.63 bits per heavy atom. The molecule has 1 aromatic carbocycles. The third-order valence-electron chi connectivity index (χ3n) is 3.26. The van der Waals surface area contributed by atoms with Gasteiger partial charge in [0.25, 0.3) is 5.56 Å². The molecule has 2 aromatic rings. The number of nitrogens with zero attached hydrogens (tertiary/aromatic N) is 2. The van der Waals surface area contributed by atoms with Crippen molar-refractivity contribution in [2.45, 2.75) is 27.7 Å². The molecule has 0 aliphatic carbocycles. The highest BCUT2D eigenvalue weighted by molar-refractivity contribution is 5.51. The van der Waals surface area contributed by atoms with Gasteiger partial charge in [-0.2, -0.15) is 5.26 Å². The number of pyridine rings is 1. The molecule has 0 saturated heterocycles. The molecular weight excluding hydrogens is 236 g/mol. The molecule has 96 valence electrons. The molecule has 3 nitrogen and oxygen atoms in total. The molecular formula is C16H16N2O. The van der Waals surface area contributed by atoms with Crippen molar-refractivity contribution < 1.29 is 0 Å². The van der Waals surface area contributed by atoms with Gasteiger partial charge < -0.3 is 0 Å². The Kier molecular flexibility index (Phi) is 3.26. The first-order chi connectivity index (χ1) is 8.95. The van der Waals surface area contributed by atoms with Crippen LogP contribution in [0.15, 0.2) is 29.1 Å². The second-order valence-corrected chi connectivity index (χ2v) is 4.89. The summed E-state index contributed by atoms with van der Waals surface area (Å²) >= 11 is 0. The van der Waals surface area contributed by atoms with Gasteiger partial charge in [-0.1, -0.05) is 17.7 Å². The molecule has 0 unspecified atom stereocenters. The Bertz CT molecular complexity index is 725. The summed E-state index contributed by atoms with van der Waals surface area (Å²) in [6, 6.07) is 9.43. The SMILES string of the molecule is Cc1cc(C)c(-n2c(C)ccc(C#N)c2=O)c(C)c1. The van der Waals surface area contributed by atoms with Crippen molar-refractivity contribution in [2.75, 3.05) is 0 Å². The maximum absolute atomic E-state index is 12.4. The highest BCUT2D eigenvalue weighted by Gasteiger charge is 2.12. The van der Waals surface area contributed by atoms with Gasteiger partial charge in [-0.05, 0) is 51.0 Å². The average Bonchev–Trinajstić information content (AvgIpc) is 2.32. The molecule has 1 aromatic heterocycles. The van der Waals surface area contributed by atoms with Crippen molar-refractivity contribution >= 4 is 0 Å². The summed E-state index contributed by atoms with van der Waals surface area (Å²) in [4.78, 5) is 12.4. The first-order valence-corrected chi connectivity index (χ1v) is 6.16. The molecule has 0 fully saturated rings. The van der Waals surface area contributed by atoms with Gasteiger partial charge in [0.2, 0.25) is 0 Å². The van der Waals surface area contributed by atoms with Crippen molar-refractivity contribution in [1.29, 1.82) is 5.26 Å². The van der Waals surface area contributed by atoms with Gasteiger partial charge >= 0.3 is 0 Å². The molecule has 0 bridgehead atoms. The lowest BCUT2D eigenvalue weighted by molar-refractivity contribution is 0.909. The van der Waals surface area contributed by atoms with Crippen LogP contribution in [0.3, 0.4) is 0 Å². The van der Waals surface area contributed by atoms with Crippen LogP contribution in [-0.2, 0) is 0 Å². The van der Waals surface area contributed by atoms with Crippen molar-refractivity contribution in [3.63, 3.8) is 0 Å². The topological polar surface area (TPSA) is 45.8 Å². The molecule has 0 spiro atoms. The van der Waals surface area contributed by atoms with E-state index in [-0.39, 0.29) is 11.1 Å². The van der Waals surface area contributed by atoms with Gasteiger partial charge in [0.15, 0.2) is 0 Å². The minimum atomic E-state index is -0.252. The maximum Gasteiger partial charge on any atom is 0.273 e. The summed E-state index contributed by atoms with van der Waals surface area (Å²) in [5, 5.41) is 9.00. The lowest BCUT2D eigenvalue weighted by Crippen LogP contribution is -2.24. The third kappa shape index (κ3) is 2.17. The molecule has 2 rings (SSSR count). The number of aryl methyl sites for hydroxylation is 4. The van der Waals surface area contributed by atoms with Crippen LogP contribution in [-0.4, -0.2) is 4.57 Å². The van der Waals surface area contributed by atoms with Crippen LogP contribution in [0.2, 0.25) is 0 Å². The van der Waals surface area contributed by atoms with Crippen LogP contribution < -0.4 is 5.56 Å². The molecule has 3 heteroatoms. The predicted molar refractivity (Wildman–Crippen MR) is 75.7 cm³/mol. The normalized spacial score (nSPS) is 10.3. The van der Waals surface area contributed by atoms with E-state index in [0.717, 1.165) is 22.5 Å². The van der Waals surface area contributed by atoms with E-state index in [2.05, 4.69) is 0 Å². The lowest BCUT2D eigenvalue weighted by atomic mass is 10.0. The summed E-state index contributed by atoms with van der Waals surface area (Å²) in [7, 11) is 0. The highest BCUT2D eigenvalue weighted by Crippen LogP contribution is 2.21. The van der Waals surface area contributed by atoms with E-state index in [1.54, 1.807) is 16.7 Å². The summed E-state index contributed by atoms with van der Waals surface area (Å²) in [6.45, 7) is 7.88. The van der Waals surface area contributed by atoms with E-state index in [1.807, 2.05) is 45.9 Å². The van der Waals surface area contributed by atoms with E-state index in [1.165, 1.54) is 5.56 Å². The Morgan fingerprint density at radius 3 is 2.16 bits per heavy atom. The van der Waals surface area contributed by atoms with Gasteiger partial charge in [-0.15, -0.1) is 0 Å². The number of benzene rings is 1. The zero-order chi connectivity index (χ0) is 14.2. The minimum Gasteiger partial charge on any atom is -0.280 e. The standard InChI is InChI=1S/C16H16N2O/c1-10-7-11(2)15(12(3)8-10)18-13(4)5-6-14(9-17)16(18)19/h5-8H,1-4H3. The number of hydrogen-bond donors (Lipinski definition) is 0. The predicted octanol–water partition coefficient (Wildman–Crippen LogP) is 2.94. The summed E-state index contributed by atoms with van der Waals surface area (Å²) in [6.07, 6.45) is 0. The quantitative estimate of drug-likeness (QED) is 0.783. The maximum atomic E-state index is 12.4. The molecule has 0 amide bonds. The highest BCUT2D eigenvalue weighted by atomic mass is 16.1. The molecule has 19 heavy (non-hydrogen) atoms. The van der Waals surface area contributed by atoms with Crippen LogP contribution in [0, 0.1) is 39.0 Å². The number of aromatic nitrogens is 1. The van der Waals surface area contributed by atoms with Crippen LogP contribution in [0.25, 0.3) is 5.69 Å². The van der Waals surface area contributed by atoms with Crippen molar-refractivity contribution in [2.24, 2.45) is 0 Å². The largest absolute Gasteiger partial charge is 0.280 e. The van der Waals surface area contributed by atoms with Crippen molar-refractivity contribution in [3.8, 4) is 11.8 Å². The molecule has 1 heterocycles. The Balaban J connectivity index is 2.88. The number of nitriles is 1. The fourth-order valence-electron chi connectivity index (χ4n) is 2.52. The Labute approximate surface area is 112 Å². The van der Waals surface area contributed by atoms with Crippen molar-refractivity contribution in [1.82, 2.24) is 4.57 Å². The van der Waals surface area contributed by atoms with Crippen molar-refractivity contribution in [3.05, 3.63) is 62.6 Å². The van der Waals surface area contributed by atoms with Gasteiger partial charge in [-0.25, -0.2) is 0 Å². The van der Waals surface area contributed by atoms with Crippen LogP contribution in [0.1, 0.15) is 27.9 Å². The monoisotopic (exact) mass is 252 g/mol. The van der Waals surface area contributed by atoms with Gasteiger partial charge in [0, 0.05) is 5.69 Å². The Hall–Kier alpha value is -2.34. The molecule has 0 saturated carbocycles. The second-order valence-electron chi connectivity index (χ2n) is 4.89. The van der Waals surface area contributed by atoms with Gasteiger partial charge in [-0.3, -0.25) is 9.36 Å². The van der Waals surface area contributed by atoms with E-state index in [0.29, 0.717) is 0 Å². The smallest absolute Gasteiger partial charge is 0.273 e. The summed E-state index contributed by atoms with van der Waals surface area (Å²) < 4.78 is 1.63. The van der Waals surface area contributed by atoms with Crippen LogP contribution in [0.5, 0.6) is 0 Å². The fraction of sp³-hybridized carbons (Fsp3) is 0.250. The van der Waals surface area contributed by atoms with Gasteiger partial charge in [0.05, 0.1) is 5.69 Å². The zero-order valence-electron chi connectivity index (χ0n) is 11.6. The van der Waals surface area contributed by atoms with E-state index < -0.39 is 0 Å². The lowest BCUT2D eigenvalue weighted by Gasteiger charge is -2.16. The van der Waals surface area contributed by atoms with E-state index in [4.69, 9.17) is 5.26 Å². The molecule has 0 N–H and O–H groups in total. The average molecular weight is 252 g/mol. The number of hydrogen-bond acceptors (Lipinski definition) is 2. The fourth-order valence-corrected chi connectivity index (χ4v) is 2.52. The minimum absolute atomic E-state index is 0.171. The van der Waals surface area contributed by atoms with Crippen LogP contribution in [0.4, 0.5) is 0 Å². The Morgan fingerprint density at radius 1 is 1.05 bits per heavy atom. The second kappa shape index (κ2) is 4.74. The first kappa shape index (κ1) is 13.1. The van der Waals surface area contributed by atoms with Gasteiger partial charge in [0.1, 0.15) is 11.6 Å². The molecule has 0 aliphatic heterocycles. The number of rotatable bonds is 1. The zero-order valence-corrected chi connectivity index (χ0v) is 11.6.